The van der Waals surface area contributed by atoms with E-state index < -0.39 is 6.67 Å². The number of amidine groups is 1. The van der Waals surface area contributed by atoms with Crippen LogP contribution in [0.3, 0.4) is 0 Å². The number of nitriles is 1. The van der Waals surface area contributed by atoms with Crippen LogP contribution < -0.4 is 15.4 Å². The molecule has 4 rings (SSSR count). The number of alkyl halides is 1. The molecule has 0 aliphatic carbocycles. The molecule has 2 amide bonds. The van der Waals surface area contributed by atoms with Gasteiger partial charge in [0.05, 0.1) is 23.1 Å². The fourth-order valence-electron chi connectivity index (χ4n) is 3.52. The molecule has 3 N–H and O–H groups in total. The van der Waals surface area contributed by atoms with Crippen LogP contribution in [0, 0.1) is 11.3 Å². The second kappa shape index (κ2) is 11.0. The van der Waals surface area contributed by atoms with Gasteiger partial charge in [-0.1, -0.05) is 6.07 Å². The van der Waals surface area contributed by atoms with Gasteiger partial charge in [-0.05, 0) is 53.7 Å². The lowest BCUT2D eigenvalue weighted by Gasteiger charge is -2.26. The number of amides is 2. The van der Waals surface area contributed by atoms with E-state index in [9.17, 15) is 19.1 Å². The lowest BCUT2D eigenvalue weighted by molar-refractivity contribution is -0.124. The predicted octanol–water partition coefficient (Wildman–Crippen LogP) is 2.52. The summed E-state index contributed by atoms with van der Waals surface area (Å²) in [7, 11) is 0. The van der Waals surface area contributed by atoms with Gasteiger partial charge in [0.15, 0.2) is 16.7 Å². The SMILES string of the molecule is N#Cc1ccc(Oc2ccc(/C=C3\SC(NCCN4CCNC(=O)C4)=NC3=O)cc2O)c(CF)c1. The summed E-state index contributed by atoms with van der Waals surface area (Å²) in [6, 6.07) is 10.9. The van der Waals surface area contributed by atoms with Crippen molar-refractivity contribution < 1.29 is 23.8 Å². The molecule has 35 heavy (non-hydrogen) atoms. The van der Waals surface area contributed by atoms with Gasteiger partial charge in [-0.3, -0.25) is 14.5 Å². The Morgan fingerprint density at radius 3 is 2.86 bits per heavy atom. The van der Waals surface area contributed by atoms with Crippen molar-refractivity contribution in [2.45, 2.75) is 6.67 Å². The highest BCUT2D eigenvalue weighted by Gasteiger charge is 2.22. The van der Waals surface area contributed by atoms with Crippen molar-refractivity contribution in [2.24, 2.45) is 4.99 Å². The van der Waals surface area contributed by atoms with Crippen LogP contribution in [0.25, 0.3) is 6.08 Å². The smallest absolute Gasteiger partial charge is 0.286 e. The Kier molecular flexibility index (Phi) is 7.64. The number of rotatable bonds is 7. The Labute approximate surface area is 205 Å². The molecule has 180 valence electrons. The van der Waals surface area contributed by atoms with Gasteiger partial charge >= 0.3 is 0 Å². The average Bonchev–Trinajstić information content (AvgIpc) is 3.19. The van der Waals surface area contributed by atoms with Gasteiger partial charge in [0.25, 0.3) is 5.91 Å². The number of thioether (sulfide) groups is 1. The number of hydrogen-bond donors (Lipinski definition) is 3. The monoisotopic (exact) mass is 495 g/mol. The molecule has 0 aromatic heterocycles. The van der Waals surface area contributed by atoms with Crippen molar-refractivity contribution in [3.05, 3.63) is 58.0 Å². The number of aliphatic imine (C=N–C) groups is 1. The zero-order chi connectivity index (χ0) is 24.8. The van der Waals surface area contributed by atoms with Crippen LogP contribution in [0.1, 0.15) is 16.7 Å². The Morgan fingerprint density at radius 2 is 2.11 bits per heavy atom. The van der Waals surface area contributed by atoms with E-state index in [0.29, 0.717) is 47.4 Å². The topological polar surface area (TPSA) is 127 Å². The van der Waals surface area contributed by atoms with Crippen LogP contribution in [0.5, 0.6) is 17.2 Å². The third-order valence-electron chi connectivity index (χ3n) is 5.28. The molecule has 0 saturated carbocycles. The summed E-state index contributed by atoms with van der Waals surface area (Å²) < 4.78 is 19.0. The number of ether oxygens (including phenoxy) is 1. The Balaban J connectivity index is 1.36. The Morgan fingerprint density at radius 1 is 1.29 bits per heavy atom. The van der Waals surface area contributed by atoms with E-state index in [2.05, 4.69) is 15.6 Å². The zero-order valence-electron chi connectivity index (χ0n) is 18.6. The number of nitrogens with zero attached hydrogens (tertiary/aromatic N) is 3. The van der Waals surface area contributed by atoms with Crippen LogP contribution in [0.15, 0.2) is 46.3 Å². The van der Waals surface area contributed by atoms with E-state index in [0.717, 1.165) is 6.54 Å². The van der Waals surface area contributed by atoms with Crippen molar-refractivity contribution >= 4 is 34.8 Å². The minimum Gasteiger partial charge on any atom is -0.504 e. The maximum atomic E-state index is 13.3. The number of nitrogens with one attached hydrogen (secondary N) is 2. The number of carbonyl (C=O) groups is 2. The molecule has 1 saturated heterocycles. The lowest BCUT2D eigenvalue weighted by Crippen LogP contribution is -2.49. The van der Waals surface area contributed by atoms with Crippen molar-refractivity contribution in [3.63, 3.8) is 0 Å². The minimum atomic E-state index is -0.821. The molecule has 0 atom stereocenters. The molecule has 2 aliphatic rings. The van der Waals surface area contributed by atoms with E-state index in [1.165, 1.54) is 42.1 Å². The molecule has 2 aliphatic heterocycles. The Hall–Kier alpha value is -3.88. The second-order valence-electron chi connectivity index (χ2n) is 7.78. The molecule has 2 heterocycles. The van der Waals surface area contributed by atoms with Gasteiger partial charge < -0.3 is 20.5 Å². The van der Waals surface area contributed by atoms with Gasteiger partial charge in [0.2, 0.25) is 5.91 Å². The van der Waals surface area contributed by atoms with E-state index in [-0.39, 0.29) is 34.6 Å². The number of piperazine rings is 1. The minimum absolute atomic E-state index is 0.00339. The van der Waals surface area contributed by atoms with E-state index >= 15 is 0 Å². The highest BCUT2D eigenvalue weighted by atomic mass is 32.2. The fraction of sp³-hybridized carbons (Fsp3) is 0.250. The zero-order valence-corrected chi connectivity index (χ0v) is 19.4. The number of phenols is 1. The first kappa shape index (κ1) is 24.3. The van der Waals surface area contributed by atoms with Gasteiger partial charge in [-0.25, -0.2) is 4.39 Å². The van der Waals surface area contributed by atoms with Crippen LogP contribution in [0.4, 0.5) is 4.39 Å². The molecule has 0 radical (unpaired) electrons. The summed E-state index contributed by atoms with van der Waals surface area (Å²) in [5.41, 5.74) is 1.07. The highest BCUT2D eigenvalue weighted by molar-refractivity contribution is 8.18. The molecule has 11 heteroatoms. The summed E-state index contributed by atoms with van der Waals surface area (Å²) in [6.45, 7) is 2.14. The maximum absolute atomic E-state index is 13.3. The molecular formula is C24H22FN5O4S. The molecule has 1 fully saturated rings. The lowest BCUT2D eigenvalue weighted by atomic mass is 10.1. The van der Waals surface area contributed by atoms with Crippen LogP contribution in [0.2, 0.25) is 0 Å². The van der Waals surface area contributed by atoms with Gasteiger partial charge in [0.1, 0.15) is 12.4 Å². The average molecular weight is 496 g/mol. The van der Waals surface area contributed by atoms with Gasteiger partial charge in [-0.15, -0.1) is 0 Å². The fourth-order valence-corrected chi connectivity index (χ4v) is 4.36. The van der Waals surface area contributed by atoms with Crippen LogP contribution in [-0.4, -0.2) is 59.7 Å². The predicted molar refractivity (Wildman–Crippen MR) is 130 cm³/mol. The second-order valence-corrected chi connectivity index (χ2v) is 8.81. The largest absolute Gasteiger partial charge is 0.504 e. The van der Waals surface area contributed by atoms with Gasteiger partial charge in [0, 0.05) is 31.7 Å². The number of phenolic OH excluding ortho intramolecular Hbond substituents is 1. The highest BCUT2D eigenvalue weighted by Crippen LogP contribution is 2.35. The number of halogens is 1. The molecule has 2 aromatic rings. The third-order valence-corrected chi connectivity index (χ3v) is 6.22. The molecule has 0 bridgehead atoms. The van der Waals surface area contributed by atoms with Crippen molar-refractivity contribution in [1.82, 2.24) is 15.5 Å². The van der Waals surface area contributed by atoms with E-state index in [4.69, 9.17) is 10.00 Å². The summed E-state index contributed by atoms with van der Waals surface area (Å²) in [4.78, 5) is 30.1. The number of carbonyl (C=O) groups excluding carboxylic acids is 2. The van der Waals surface area contributed by atoms with Crippen LogP contribution in [-0.2, 0) is 16.3 Å². The summed E-state index contributed by atoms with van der Waals surface area (Å²) >= 11 is 1.19. The number of benzene rings is 2. The Bertz CT molecular complexity index is 1260. The molecule has 2 aromatic carbocycles. The number of hydrogen-bond acceptors (Lipinski definition) is 8. The van der Waals surface area contributed by atoms with E-state index in [1.807, 2.05) is 11.0 Å². The molecule has 9 nitrogen and oxygen atoms in total. The van der Waals surface area contributed by atoms with E-state index in [1.54, 1.807) is 12.1 Å². The molecule has 0 unspecified atom stereocenters. The van der Waals surface area contributed by atoms with Crippen LogP contribution >= 0.6 is 11.8 Å². The number of aromatic hydroxyl groups is 1. The maximum Gasteiger partial charge on any atom is 0.286 e. The molecule has 0 spiro atoms. The van der Waals surface area contributed by atoms with Gasteiger partial charge in [-0.2, -0.15) is 10.3 Å². The molecular weight excluding hydrogens is 473 g/mol. The summed E-state index contributed by atoms with van der Waals surface area (Å²) in [5, 5.41) is 25.7. The third kappa shape index (κ3) is 6.17. The first-order chi connectivity index (χ1) is 16.9. The van der Waals surface area contributed by atoms with Crippen molar-refractivity contribution in [2.75, 3.05) is 32.7 Å². The summed E-state index contributed by atoms with van der Waals surface area (Å²) in [6.07, 6.45) is 1.61. The van der Waals surface area contributed by atoms with Crippen molar-refractivity contribution in [3.8, 4) is 23.3 Å². The van der Waals surface area contributed by atoms with Crippen molar-refractivity contribution in [1.29, 1.82) is 5.26 Å². The summed E-state index contributed by atoms with van der Waals surface area (Å²) in [5.74, 6) is -0.261. The first-order valence-electron chi connectivity index (χ1n) is 10.8. The standard InChI is InChI=1S/C24H22FN5O4S/c25-12-17-9-16(13-26)2-3-19(17)34-20-4-1-15(10-18(20)31)11-21-23(33)29-24(35-21)28-6-8-30-7-5-27-22(32)14-30/h1-4,9-11,31H,5-8,12,14H2,(H,27,32)(H,28,29,33)/b21-11-. The first-order valence-corrected chi connectivity index (χ1v) is 11.6. The quantitative estimate of drug-likeness (QED) is 0.500. The normalized spacial score (nSPS) is 17.1.